The average molecular weight is 300 g/mol. The molecule has 1 atom stereocenters. The smallest absolute Gasteiger partial charge is 0.171 e. The topological polar surface area (TPSA) is 69.6 Å². The molecule has 0 radical (unpaired) electrons. The van der Waals surface area contributed by atoms with E-state index in [0.717, 1.165) is 18.4 Å². The molecule has 5 nitrogen and oxygen atoms in total. The van der Waals surface area contributed by atoms with E-state index in [1.54, 1.807) is 17.8 Å². The zero-order valence-corrected chi connectivity index (χ0v) is 12.1. The predicted molar refractivity (Wildman–Crippen MR) is 75.4 cm³/mol. The van der Waals surface area contributed by atoms with Gasteiger partial charge in [0.2, 0.25) is 0 Å². The van der Waals surface area contributed by atoms with Crippen LogP contribution in [0.4, 0.5) is 0 Å². The minimum absolute atomic E-state index is 0.0745. The van der Waals surface area contributed by atoms with Crippen molar-refractivity contribution in [3.63, 3.8) is 0 Å². The van der Waals surface area contributed by atoms with E-state index >= 15 is 0 Å². The maximum Gasteiger partial charge on any atom is 0.171 e. The minimum Gasteiger partial charge on any atom is -0.330 e. The lowest BCUT2D eigenvalue weighted by molar-refractivity contribution is 0.418. The molecule has 0 aliphatic heterocycles. The van der Waals surface area contributed by atoms with E-state index in [2.05, 4.69) is 15.4 Å². The second-order valence-electron chi connectivity index (χ2n) is 4.27. The number of benzene rings is 1. The van der Waals surface area contributed by atoms with Gasteiger partial charge in [0, 0.05) is 10.0 Å². The second-order valence-corrected chi connectivity index (χ2v) is 5.11. The van der Waals surface area contributed by atoms with Gasteiger partial charge in [0.25, 0.3) is 0 Å². The highest BCUT2D eigenvalue weighted by Gasteiger charge is 2.19. The number of hydrogen-bond acceptors (Lipinski definition) is 4. The summed E-state index contributed by atoms with van der Waals surface area (Å²) >= 11 is 12.2. The van der Waals surface area contributed by atoms with Gasteiger partial charge in [-0.05, 0) is 49.2 Å². The van der Waals surface area contributed by atoms with E-state index in [0.29, 0.717) is 22.4 Å². The molecule has 2 rings (SSSR count). The third-order valence-electron chi connectivity index (χ3n) is 2.81. The quantitative estimate of drug-likeness (QED) is 0.921. The highest BCUT2D eigenvalue weighted by molar-refractivity contribution is 6.35. The van der Waals surface area contributed by atoms with Gasteiger partial charge in [-0.1, -0.05) is 29.3 Å². The Morgan fingerprint density at radius 1 is 1.37 bits per heavy atom. The summed E-state index contributed by atoms with van der Waals surface area (Å²) in [7, 11) is 0. The third-order valence-corrected chi connectivity index (χ3v) is 3.37. The Balaban J connectivity index is 2.36. The summed E-state index contributed by atoms with van der Waals surface area (Å²) in [5.41, 5.74) is 6.51. The molecule has 1 heterocycles. The van der Waals surface area contributed by atoms with E-state index in [1.807, 2.05) is 12.1 Å². The Morgan fingerprint density at radius 3 is 2.74 bits per heavy atom. The van der Waals surface area contributed by atoms with Gasteiger partial charge < -0.3 is 5.73 Å². The molecule has 102 valence electrons. The van der Waals surface area contributed by atoms with Crippen LogP contribution in [0.25, 0.3) is 0 Å². The Morgan fingerprint density at radius 2 is 2.16 bits per heavy atom. The fourth-order valence-electron chi connectivity index (χ4n) is 1.91. The van der Waals surface area contributed by atoms with E-state index in [9.17, 15) is 0 Å². The van der Waals surface area contributed by atoms with Crippen LogP contribution in [-0.4, -0.2) is 26.8 Å². The normalized spacial score (nSPS) is 12.6. The molecule has 1 unspecified atom stereocenters. The van der Waals surface area contributed by atoms with Gasteiger partial charge in [0.05, 0.1) is 6.04 Å². The van der Waals surface area contributed by atoms with E-state index < -0.39 is 0 Å². The fourth-order valence-corrected chi connectivity index (χ4v) is 2.44. The largest absolute Gasteiger partial charge is 0.330 e. The molecule has 2 aromatic rings. The third kappa shape index (κ3) is 3.43. The van der Waals surface area contributed by atoms with E-state index in [1.165, 1.54) is 0 Å². The van der Waals surface area contributed by atoms with Crippen LogP contribution in [0.2, 0.25) is 10.0 Å². The summed E-state index contributed by atoms with van der Waals surface area (Å²) in [5.74, 6) is 0.628. The number of aromatic nitrogens is 4. The first-order valence-electron chi connectivity index (χ1n) is 6.03. The standard InChI is InChI=1S/C12H15Cl2N5/c1-8-16-18-19(17-8)12(3-2-6-15)10-5-4-9(13)7-11(10)14/h4-5,7,12H,2-3,6,15H2,1H3. The summed E-state index contributed by atoms with van der Waals surface area (Å²) in [5, 5.41) is 13.4. The number of nitrogens with zero attached hydrogens (tertiary/aromatic N) is 4. The molecule has 0 amide bonds. The minimum atomic E-state index is -0.0745. The maximum absolute atomic E-state index is 6.25. The van der Waals surface area contributed by atoms with E-state index in [-0.39, 0.29) is 6.04 Å². The Kier molecular flexibility index (Phi) is 4.74. The van der Waals surface area contributed by atoms with Gasteiger partial charge in [0.15, 0.2) is 5.82 Å². The fraction of sp³-hybridized carbons (Fsp3) is 0.417. The lowest BCUT2D eigenvalue weighted by Gasteiger charge is -2.17. The number of tetrazole rings is 1. The van der Waals surface area contributed by atoms with Crippen LogP contribution in [0, 0.1) is 6.92 Å². The van der Waals surface area contributed by atoms with Crippen molar-refractivity contribution >= 4 is 23.2 Å². The summed E-state index contributed by atoms with van der Waals surface area (Å²) in [4.78, 5) is 1.58. The van der Waals surface area contributed by atoms with E-state index in [4.69, 9.17) is 28.9 Å². The molecular weight excluding hydrogens is 285 g/mol. The highest BCUT2D eigenvalue weighted by Crippen LogP contribution is 2.30. The average Bonchev–Trinajstić information content (AvgIpc) is 2.78. The van der Waals surface area contributed by atoms with Gasteiger partial charge >= 0.3 is 0 Å². The maximum atomic E-state index is 6.25. The van der Waals surface area contributed by atoms with Gasteiger partial charge in [-0.15, -0.1) is 10.2 Å². The second kappa shape index (κ2) is 6.32. The summed E-state index contributed by atoms with van der Waals surface area (Å²) in [6.45, 7) is 2.41. The summed E-state index contributed by atoms with van der Waals surface area (Å²) in [6.07, 6.45) is 1.65. The predicted octanol–water partition coefficient (Wildman–Crippen LogP) is 2.62. The van der Waals surface area contributed by atoms with Gasteiger partial charge in [-0.3, -0.25) is 0 Å². The van der Waals surface area contributed by atoms with Crippen molar-refractivity contribution in [1.29, 1.82) is 0 Å². The molecule has 1 aromatic heterocycles. The Bertz CT molecular complexity index is 555. The molecule has 19 heavy (non-hydrogen) atoms. The number of halogens is 2. The zero-order chi connectivity index (χ0) is 13.8. The highest BCUT2D eigenvalue weighted by atomic mass is 35.5. The monoisotopic (exact) mass is 299 g/mol. The van der Waals surface area contributed by atoms with Crippen molar-refractivity contribution in [1.82, 2.24) is 20.2 Å². The Labute approximate surface area is 121 Å². The summed E-state index contributed by atoms with van der Waals surface area (Å²) in [6, 6.07) is 5.35. The van der Waals surface area contributed by atoms with Crippen molar-refractivity contribution in [2.45, 2.75) is 25.8 Å². The molecule has 0 aliphatic carbocycles. The molecule has 0 aliphatic rings. The molecule has 0 fully saturated rings. The van der Waals surface area contributed by atoms with Gasteiger partial charge in [-0.25, -0.2) is 0 Å². The molecule has 2 N–H and O–H groups in total. The van der Waals surface area contributed by atoms with Crippen LogP contribution in [0.1, 0.15) is 30.3 Å². The first-order valence-corrected chi connectivity index (χ1v) is 6.78. The molecule has 0 bridgehead atoms. The number of hydrogen-bond donors (Lipinski definition) is 1. The van der Waals surface area contributed by atoms with Crippen LogP contribution < -0.4 is 5.73 Å². The summed E-state index contributed by atoms with van der Waals surface area (Å²) < 4.78 is 0. The van der Waals surface area contributed by atoms with Crippen LogP contribution in [0.15, 0.2) is 18.2 Å². The van der Waals surface area contributed by atoms with Crippen molar-refractivity contribution in [3.8, 4) is 0 Å². The lowest BCUT2D eigenvalue weighted by atomic mass is 10.0. The molecule has 7 heteroatoms. The molecule has 0 spiro atoms. The molecule has 0 saturated carbocycles. The van der Waals surface area contributed by atoms with Crippen molar-refractivity contribution in [3.05, 3.63) is 39.6 Å². The molecule has 0 saturated heterocycles. The van der Waals surface area contributed by atoms with Gasteiger partial charge in [-0.2, -0.15) is 4.80 Å². The van der Waals surface area contributed by atoms with Gasteiger partial charge in [0.1, 0.15) is 0 Å². The lowest BCUT2D eigenvalue weighted by Crippen LogP contribution is -2.16. The van der Waals surface area contributed by atoms with Crippen molar-refractivity contribution in [2.75, 3.05) is 6.54 Å². The van der Waals surface area contributed by atoms with Crippen LogP contribution >= 0.6 is 23.2 Å². The van der Waals surface area contributed by atoms with Crippen LogP contribution in [0.3, 0.4) is 0 Å². The van der Waals surface area contributed by atoms with Crippen LogP contribution in [-0.2, 0) is 0 Å². The number of nitrogens with two attached hydrogens (primary N) is 1. The Hall–Kier alpha value is -1.17. The first-order chi connectivity index (χ1) is 9.11. The zero-order valence-electron chi connectivity index (χ0n) is 10.6. The van der Waals surface area contributed by atoms with Crippen molar-refractivity contribution in [2.24, 2.45) is 5.73 Å². The SMILES string of the molecule is Cc1nnn(C(CCCN)c2ccc(Cl)cc2Cl)n1. The molecule has 1 aromatic carbocycles. The number of aryl methyl sites for hydroxylation is 1. The van der Waals surface area contributed by atoms with Crippen LogP contribution in [0.5, 0.6) is 0 Å². The first kappa shape index (κ1) is 14.2. The number of rotatable bonds is 5. The van der Waals surface area contributed by atoms with Crippen molar-refractivity contribution < 1.29 is 0 Å². The molecular formula is C12H15Cl2N5.